The monoisotopic (exact) mass is 272 g/mol. The number of nitrogens with one attached hydrogen (secondary N) is 1. The fourth-order valence-electron chi connectivity index (χ4n) is 1.32. The molecule has 1 aromatic rings. The summed E-state index contributed by atoms with van der Waals surface area (Å²) in [5.41, 5.74) is -0.301. The lowest BCUT2D eigenvalue weighted by Crippen LogP contribution is -2.24. The zero-order chi connectivity index (χ0) is 13.5. The van der Waals surface area contributed by atoms with Crippen molar-refractivity contribution in [3.8, 4) is 0 Å². The molecular weight excluding hydrogens is 259 g/mol. The van der Waals surface area contributed by atoms with Crippen molar-refractivity contribution in [3.63, 3.8) is 0 Å². The van der Waals surface area contributed by atoms with Crippen molar-refractivity contribution in [1.29, 1.82) is 0 Å². The highest BCUT2D eigenvalue weighted by Crippen LogP contribution is 2.23. The molecule has 0 fully saturated rings. The minimum atomic E-state index is -0.828. The Balaban J connectivity index is 2.60. The lowest BCUT2D eigenvalue weighted by Gasteiger charge is -2.04. The van der Waals surface area contributed by atoms with Crippen molar-refractivity contribution in [1.82, 2.24) is 5.32 Å². The third-order valence-electron chi connectivity index (χ3n) is 2.12. The van der Waals surface area contributed by atoms with Crippen LogP contribution in [0.25, 0.3) is 0 Å². The molecule has 0 aromatic heterocycles. The number of hydrogen-bond acceptors (Lipinski definition) is 4. The second-order valence-electron chi connectivity index (χ2n) is 3.45. The van der Waals surface area contributed by atoms with E-state index in [1.807, 2.05) is 6.92 Å². The van der Waals surface area contributed by atoms with E-state index >= 15 is 0 Å². The van der Waals surface area contributed by atoms with Crippen molar-refractivity contribution in [2.24, 2.45) is 0 Å². The lowest BCUT2D eigenvalue weighted by molar-refractivity contribution is -0.387. The third-order valence-corrected chi connectivity index (χ3v) is 3.10. The van der Waals surface area contributed by atoms with E-state index in [1.165, 1.54) is 23.9 Å². The van der Waals surface area contributed by atoms with E-state index in [1.54, 1.807) is 0 Å². The van der Waals surface area contributed by atoms with Gasteiger partial charge in [0, 0.05) is 23.9 Å². The number of hydrogen-bond donors (Lipinski definition) is 1. The zero-order valence-corrected chi connectivity index (χ0v) is 10.6. The average molecular weight is 272 g/mol. The van der Waals surface area contributed by atoms with Gasteiger partial charge in [0.05, 0.1) is 10.7 Å². The molecule has 0 aliphatic carbocycles. The Morgan fingerprint density at radius 2 is 2.28 bits per heavy atom. The number of nitrogens with zero attached hydrogens (tertiary/aromatic N) is 1. The van der Waals surface area contributed by atoms with Gasteiger partial charge >= 0.3 is 5.69 Å². The van der Waals surface area contributed by atoms with Crippen molar-refractivity contribution in [2.75, 3.05) is 12.3 Å². The highest BCUT2D eigenvalue weighted by atomic mass is 32.2. The van der Waals surface area contributed by atoms with E-state index in [9.17, 15) is 19.3 Å². The van der Waals surface area contributed by atoms with Crippen LogP contribution in [-0.2, 0) is 10.5 Å². The molecule has 0 radical (unpaired) electrons. The van der Waals surface area contributed by atoms with Crippen LogP contribution in [0.5, 0.6) is 0 Å². The van der Waals surface area contributed by atoms with Gasteiger partial charge in [-0.25, -0.2) is 0 Å². The maximum atomic E-state index is 13.6. The smallest absolute Gasteiger partial charge is 0.305 e. The van der Waals surface area contributed by atoms with Crippen LogP contribution < -0.4 is 5.32 Å². The molecule has 18 heavy (non-hydrogen) atoms. The summed E-state index contributed by atoms with van der Waals surface area (Å²) in [6.45, 7) is 2.35. The fourth-order valence-corrected chi connectivity index (χ4v) is 2.15. The van der Waals surface area contributed by atoms with Gasteiger partial charge in [-0.1, -0.05) is 12.1 Å². The Morgan fingerprint density at radius 3 is 2.89 bits per heavy atom. The number of nitro benzene ring substituents is 1. The van der Waals surface area contributed by atoms with Crippen molar-refractivity contribution in [2.45, 2.75) is 12.7 Å². The molecule has 98 valence electrons. The molecule has 0 heterocycles. The van der Waals surface area contributed by atoms with Crippen LogP contribution in [0.15, 0.2) is 18.2 Å². The summed E-state index contributed by atoms with van der Waals surface area (Å²) < 4.78 is 13.6. The third kappa shape index (κ3) is 3.99. The summed E-state index contributed by atoms with van der Waals surface area (Å²) in [6.07, 6.45) is 0. The maximum absolute atomic E-state index is 13.6. The highest BCUT2D eigenvalue weighted by molar-refractivity contribution is 7.99. The number of rotatable bonds is 6. The molecule has 0 bridgehead atoms. The van der Waals surface area contributed by atoms with E-state index in [0.29, 0.717) is 6.54 Å². The van der Waals surface area contributed by atoms with Gasteiger partial charge in [0.15, 0.2) is 0 Å². The van der Waals surface area contributed by atoms with Crippen LogP contribution in [0, 0.1) is 15.9 Å². The van der Waals surface area contributed by atoms with Crippen LogP contribution in [0.4, 0.5) is 10.1 Å². The topological polar surface area (TPSA) is 72.2 Å². The second kappa shape index (κ2) is 6.95. The second-order valence-corrected chi connectivity index (χ2v) is 4.44. The zero-order valence-electron chi connectivity index (χ0n) is 9.81. The lowest BCUT2D eigenvalue weighted by atomic mass is 10.2. The van der Waals surface area contributed by atoms with Gasteiger partial charge in [0.1, 0.15) is 0 Å². The summed E-state index contributed by atoms with van der Waals surface area (Å²) >= 11 is 1.21. The summed E-state index contributed by atoms with van der Waals surface area (Å²) in [6, 6.07) is 4.03. The number of nitro groups is 1. The molecule has 1 amide bonds. The van der Waals surface area contributed by atoms with Crippen LogP contribution in [0.2, 0.25) is 0 Å². The predicted molar refractivity (Wildman–Crippen MR) is 67.9 cm³/mol. The van der Waals surface area contributed by atoms with E-state index in [0.717, 1.165) is 6.07 Å². The molecule has 1 rings (SSSR count). The number of thioether (sulfide) groups is 1. The predicted octanol–water partition coefficient (Wildman–Crippen LogP) is 2.10. The Morgan fingerprint density at radius 1 is 1.56 bits per heavy atom. The highest BCUT2D eigenvalue weighted by Gasteiger charge is 2.17. The van der Waals surface area contributed by atoms with Crippen molar-refractivity contribution < 1.29 is 14.1 Å². The first kappa shape index (κ1) is 14.4. The first-order chi connectivity index (χ1) is 8.56. The molecule has 1 N–H and O–H groups in total. The van der Waals surface area contributed by atoms with Gasteiger partial charge in [0.25, 0.3) is 0 Å². The molecule has 0 saturated carbocycles. The average Bonchev–Trinajstić information content (AvgIpc) is 2.31. The summed E-state index contributed by atoms with van der Waals surface area (Å²) in [4.78, 5) is 20.9. The quantitative estimate of drug-likeness (QED) is 0.636. The van der Waals surface area contributed by atoms with Crippen LogP contribution in [0.3, 0.4) is 0 Å². The summed E-state index contributed by atoms with van der Waals surface area (Å²) in [5.74, 6) is -0.528. The molecular formula is C11H13FN2O3S. The van der Waals surface area contributed by atoms with E-state index in [2.05, 4.69) is 5.32 Å². The maximum Gasteiger partial charge on any atom is 0.305 e. The summed E-state index contributed by atoms with van der Waals surface area (Å²) in [5, 5.41) is 13.2. The van der Waals surface area contributed by atoms with Gasteiger partial charge in [0.2, 0.25) is 11.7 Å². The van der Waals surface area contributed by atoms with Gasteiger partial charge in [-0.15, -0.1) is 11.8 Å². The standard InChI is InChI=1S/C11H13FN2O3S/c1-2-13-10(15)7-18-6-8-4-3-5-9(11(8)12)14(16)17/h3-5H,2,6-7H2,1H3,(H,13,15). The molecule has 0 unspecified atom stereocenters. The molecule has 0 aliphatic heterocycles. The molecule has 0 atom stereocenters. The van der Waals surface area contributed by atoms with E-state index in [4.69, 9.17) is 0 Å². The Hall–Kier alpha value is -1.63. The van der Waals surface area contributed by atoms with Crippen molar-refractivity contribution >= 4 is 23.4 Å². The van der Waals surface area contributed by atoms with Gasteiger partial charge < -0.3 is 5.32 Å². The molecule has 7 heteroatoms. The van der Waals surface area contributed by atoms with Crippen LogP contribution in [-0.4, -0.2) is 23.1 Å². The SMILES string of the molecule is CCNC(=O)CSCc1cccc([N+](=O)[O-])c1F. The largest absolute Gasteiger partial charge is 0.356 e. The Kier molecular flexibility index (Phi) is 5.57. The molecule has 0 aliphatic rings. The number of carbonyl (C=O) groups is 1. The minimum absolute atomic E-state index is 0.131. The Bertz CT molecular complexity index is 454. The first-order valence-electron chi connectivity index (χ1n) is 5.32. The van der Waals surface area contributed by atoms with Gasteiger partial charge in [-0.2, -0.15) is 4.39 Å². The van der Waals surface area contributed by atoms with Crippen LogP contribution in [0.1, 0.15) is 12.5 Å². The van der Waals surface area contributed by atoms with Gasteiger partial charge in [-0.05, 0) is 6.92 Å². The normalized spacial score (nSPS) is 10.1. The molecule has 1 aromatic carbocycles. The fraction of sp³-hybridized carbons (Fsp3) is 0.364. The number of amides is 1. The molecule has 0 saturated heterocycles. The minimum Gasteiger partial charge on any atom is -0.356 e. The van der Waals surface area contributed by atoms with Crippen molar-refractivity contribution in [3.05, 3.63) is 39.7 Å². The van der Waals surface area contributed by atoms with E-state index in [-0.39, 0.29) is 23.0 Å². The van der Waals surface area contributed by atoms with Gasteiger partial charge in [-0.3, -0.25) is 14.9 Å². The van der Waals surface area contributed by atoms with Crippen LogP contribution >= 0.6 is 11.8 Å². The molecule has 0 spiro atoms. The Labute approximate surface area is 108 Å². The first-order valence-corrected chi connectivity index (χ1v) is 6.48. The summed E-state index contributed by atoms with van der Waals surface area (Å²) in [7, 11) is 0. The number of halogens is 1. The van der Waals surface area contributed by atoms with E-state index < -0.39 is 16.4 Å². The number of benzene rings is 1. The number of carbonyl (C=O) groups excluding carboxylic acids is 1. The molecule has 5 nitrogen and oxygen atoms in total.